The highest BCUT2D eigenvalue weighted by Gasteiger charge is 1.96. The molecule has 0 aliphatic heterocycles. The predicted molar refractivity (Wildman–Crippen MR) is 62.0 cm³/mol. The number of nitrogens with zero attached hydrogens (tertiary/aromatic N) is 2. The van der Waals surface area contributed by atoms with Crippen molar-refractivity contribution < 1.29 is 9.84 Å². The first-order chi connectivity index (χ1) is 8.30. The monoisotopic (exact) mass is 229 g/mol. The minimum atomic E-state index is -0.0510. The molecule has 0 unspecified atom stereocenters. The molecule has 1 aromatic rings. The fraction of sp³-hybridized carbons (Fsp3) is 0.167. The largest absolute Gasteiger partial charge is 0.491 e. The summed E-state index contributed by atoms with van der Waals surface area (Å²) in [5.74, 6) is 0.605. The van der Waals surface area contributed by atoms with Crippen LogP contribution in [0.2, 0.25) is 0 Å². The van der Waals surface area contributed by atoms with E-state index in [1.54, 1.807) is 36.4 Å². The molecule has 2 N–H and O–H groups in total. The van der Waals surface area contributed by atoms with E-state index < -0.39 is 0 Å². The minimum absolute atomic E-state index is 0.00770. The topological polar surface area (TPSA) is 89.1 Å². The molecule has 0 amide bonds. The van der Waals surface area contributed by atoms with Gasteiger partial charge in [0, 0.05) is 18.0 Å². The highest BCUT2D eigenvalue weighted by atomic mass is 16.5. The molecule has 0 spiro atoms. The van der Waals surface area contributed by atoms with Crippen molar-refractivity contribution in [3.63, 3.8) is 0 Å². The van der Waals surface area contributed by atoms with Gasteiger partial charge in [-0.2, -0.15) is 10.5 Å². The molecular formula is C12H11N3O2. The second-order valence-corrected chi connectivity index (χ2v) is 3.03. The second kappa shape index (κ2) is 6.89. The van der Waals surface area contributed by atoms with E-state index in [0.29, 0.717) is 11.4 Å². The van der Waals surface area contributed by atoms with Crippen LogP contribution in [0.1, 0.15) is 0 Å². The molecule has 17 heavy (non-hydrogen) atoms. The Morgan fingerprint density at radius 2 is 2.18 bits per heavy atom. The van der Waals surface area contributed by atoms with Crippen LogP contribution in [0.25, 0.3) is 0 Å². The molecule has 0 bridgehead atoms. The number of hydrogen-bond donors (Lipinski definition) is 2. The Labute approximate surface area is 99.2 Å². The van der Waals surface area contributed by atoms with Crippen molar-refractivity contribution in [2.75, 3.05) is 18.5 Å². The third-order valence-corrected chi connectivity index (χ3v) is 1.82. The van der Waals surface area contributed by atoms with Crippen molar-refractivity contribution in [2.24, 2.45) is 0 Å². The third kappa shape index (κ3) is 4.25. The van der Waals surface area contributed by atoms with Crippen LogP contribution >= 0.6 is 0 Å². The van der Waals surface area contributed by atoms with Crippen LogP contribution in [-0.2, 0) is 0 Å². The Morgan fingerprint density at radius 3 is 2.82 bits per heavy atom. The van der Waals surface area contributed by atoms with E-state index >= 15 is 0 Å². The molecule has 0 fully saturated rings. The third-order valence-electron chi connectivity index (χ3n) is 1.82. The van der Waals surface area contributed by atoms with Crippen molar-refractivity contribution >= 4 is 5.69 Å². The number of nitriles is 2. The molecule has 0 aliphatic carbocycles. The van der Waals surface area contributed by atoms with Crippen molar-refractivity contribution in [2.45, 2.75) is 0 Å². The lowest BCUT2D eigenvalue weighted by Gasteiger charge is -2.06. The van der Waals surface area contributed by atoms with Gasteiger partial charge in [-0.05, 0) is 12.1 Å². The zero-order valence-electron chi connectivity index (χ0n) is 9.05. The summed E-state index contributed by atoms with van der Waals surface area (Å²) in [6.45, 7) is 0.172. The van der Waals surface area contributed by atoms with E-state index in [9.17, 15) is 0 Å². The van der Waals surface area contributed by atoms with Crippen molar-refractivity contribution in [3.8, 4) is 17.9 Å². The summed E-state index contributed by atoms with van der Waals surface area (Å²) in [6.07, 6.45) is 1.32. The van der Waals surface area contributed by atoms with Gasteiger partial charge in [0.15, 0.2) is 0 Å². The molecule has 0 radical (unpaired) electrons. The molecule has 86 valence electrons. The number of benzene rings is 1. The predicted octanol–water partition coefficient (Wildman–Crippen LogP) is 1.40. The summed E-state index contributed by atoms with van der Waals surface area (Å²) in [7, 11) is 0. The highest BCUT2D eigenvalue weighted by molar-refractivity contribution is 5.52. The molecule has 0 aromatic heterocycles. The molecule has 0 saturated carbocycles. The van der Waals surface area contributed by atoms with Gasteiger partial charge in [-0.1, -0.05) is 6.07 Å². The minimum Gasteiger partial charge on any atom is -0.491 e. The van der Waals surface area contributed by atoms with Crippen LogP contribution in [0, 0.1) is 22.7 Å². The van der Waals surface area contributed by atoms with Crippen molar-refractivity contribution in [3.05, 3.63) is 36.0 Å². The standard InChI is InChI=1S/C12H11N3O2/c13-7-10(8-14)9-15-11-2-1-3-12(6-11)17-5-4-16/h1-3,6,9,15-16H,4-5H2. The first-order valence-corrected chi connectivity index (χ1v) is 4.90. The molecule has 5 heteroatoms. The molecule has 1 rings (SSSR count). The molecule has 1 aromatic carbocycles. The van der Waals surface area contributed by atoms with Crippen LogP contribution in [0.3, 0.4) is 0 Å². The SMILES string of the molecule is N#CC(C#N)=CNc1cccc(OCCO)c1. The first-order valence-electron chi connectivity index (χ1n) is 4.90. The highest BCUT2D eigenvalue weighted by Crippen LogP contribution is 2.17. The molecule has 0 aliphatic rings. The van der Waals surface area contributed by atoms with E-state index in [1.807, 2.05) is 0 Å². The van der Waals surface area contributed by atoms with E-state index in [-0.39, 0.29) is 18.8 Å². The van der Waals surface area contributed by atoms with E-state index in [0.717, 1.165) is 0 Å². The van der Waals surface area contributed by atoms with E-state index in [2.05, 4.69) is 5.32 Å². The maximum absolute atomic E-state index is 8.61. The van der Waals surface area contributed by atoms with Gasteiger partial charge in [0.25, 0.3) is 0 Å². The average Bonchev–Trinajstić information content (AvgIpc) is 2.38. The smallest absolute Gasteiger partial charge is 0.145 e. The van der Waals surface area contributed by atoms with Crippen molar-refractivity contribution in [1.82, 2.24) is 0 Å². The van der Waals surface area contributed by atoms with E-state index in [4.69, 9.17) is 20.4 Å². The van der Waals surface area contributed by atoms with Gasteiger partial charge in [0.05, 0.1) is 6.61 Å². The van der Waals surface area contributed by atoms with Gasteiger partial charge in [0.2, 0.25) is 0 Å². The summed E-state index contributed by atoms with van der Waals surface area (Å²) in [5.41, 5.74) is 0.690. The number of aliphatic hydroxyl groups is 1. The summed E-state index contributed by atoms with van der Waals surface area (Å²) < 4.78 is 5.21. The first kappa shape index (κ1) is 12.6. The van der Waals surface area contributed by atoms with Gasteiger partial charge >= 0.3 is 0 Å². The van der Waals surface area contributed by atoms with Crippen LogP contribution in [0.4, 0.5) is 5.69 Å². The Balaban J connectivity index is 2.70. The van der Waals surface area contributed by atoms with E-state index in [1.165, 1.54) is 6.20 Å². The lowest BCUT2D eigenvalue weighted by Crippen LogP contribution is -2.01. The maximum atomic E-state index is 8.61. The number of nitrogens with one attached hydrogen (secondary N) is 1. The Hall–Kier alpha value is -2.50. The number of allylic oxidation sites excluding steroid dienone is 1. The number of hydrogen-bond acceptors (Lipinski definition) is 5. The Kier molecular flexibility index (Phi) is 5.09. The van der Waals surface area contributed by atoms with Gasteiger partial charge in [-0.15, -0.1) is 0 Å². The van der Waals surface area contributed by atoms with Gasteiger partial charge in [0.1, 0.15) is 30.1 Å². The molecule has 5 nitrogen and oxygen atoms in total. The molecule has 0 saturated heterocycles. The van der Waals surface area contributed by atoms with Crippen LogP contribution in [0.5, 0.6) is 5.75 Å². The zero-order chi connectivity index (χ0) is 12.5. The normalized spacial score (nSPS) is 8.65. The average molecular weight is 229 g/mol. The van der Waals surface area contributed by atoms with Gasteiger partial charge in [-0.25, -0.2) is 0 Å². The summed E-state index contributed by atoms with van der Waals surface area (Å²) in [5, 5.41) is 28.5. The Bertz CT molecular complexity index is 467. The second-order valence-electron chi connectivity index (χ2n) is 3.03. The van der Waals surface area contributed by atoms with Crippen LogP contribution < -0.4 is 10.1 Å². The quantitative estimate of drug-likeness (QED) is 0.745. The van der Waals surface area contributed by atoms with Crippen LogP contribution in [0.15, 0.2) is 36.0 Å². The number of aliphatic hydroxyl groups excluding tert-OH is 1. The summed E-state index contributed by atoms with van der Waals surface area (Å²) >= 11 is 0. The summed E-state index contributed by atoms with van der Waals surface area (Å²) in [4.78, 5) is 0. The van der Waals surface area contributed by atoms with Crippen LogP contribution in [-0.4, -0.2) is 18.3 Å². The number of rotatable bonds is 5. The van der Waals surface area contributed by atoms with Gasteiger partial charge in [-0.3, -0.25) is 0 Å². The Morgan fingerprint density at radius 1 is 1.41 bits per heavy atom. The maximum Gasteiger partial charge on any atom is 0.145 e. The lowest BCUT2D eigenvalue weighted by atomic mass is 10.3. The summed E-state index contributed by atoms with van der Waals surface area (Å²) in [6, 6.07) is 10.5. The van der Waals surface area contributed by atoms with Crippen molar-refractivity contribution in [1.29, 1.82) is 10.5 Å². The number of anilines is 1. The molecule has 0 atom stereocenters. The fourth-order valence-electron chi connectivity index (χ4n) is 1.08. The molecular weight excluding hydrogens is 218 g/mol. The molecule has 0 heterocycles. The van der Waals surface area contributed by atoms with Gasteiger partial charge < -0.3 is 15.2 Å². The number of ether oxygens (including phenoxy) is 1. The lowest BCUT2D eigenvalue weighted by molar-refractivity contribution is 0.201. The fourth-order valence-corrected chi connectivity index (χ4v) is 1.08. The zero-order valence-corrected chi connectivity index (χ0v) is 9.05.